The van der Waals surface area contributed by atoms with Crippen molar-refractivity contribution in [3.8, 4) is 11.1 Å². The van der Waals surface area contributed by atoms with Gasteiger partial charge in [0.25, 0.3) is 5.56 Å². The second-order valence-electron chi connectivity index (χ2n) is 6.57. The topological polar surface area (TPSA) is 60.7 Å². The third-order valence-corrected chi connectivity index (χ3v) is 4.80. The van der Waals surface area contributed by atoms with Crippen LogP contribution < -0.4 is 5.56 Å². The molecule has 0 aliphatic carbocycles. The maximum Gasteiger partial charge on any atom is 0.269 e. The van der Waals surface area contributed by atoms with Crippen molar-refractivity contribution in [2.24, 2.45) is 0 Å². The van der Waals surface area contributed by atoms with Crippen molar-refractivity contribution in [1.82, 2.24) is 19.5 Å². The molecule has 0 N–H and O–H groups in total. The van der Waals surface area contributed by atoms with E-state index >= 15 is 0 Å². The number of halogens is 2. The van der Waals surface area contributed by atoms with Crippen LogP contribution >= 0.6 is 0 Å². The molecular weight excluding hydrogens is 386 g/mol. The molecule has 0 aliphatic rings. The van der Waals surface area contributed by atoms with E-state index in [4.69, 9.17) is 0 Å². The zero-order valence-corrected chi connectivity index (χ0v) is 15.8. The normalized spacial score (nSPS) is 10.9. The molecule has 3 aromatic heterocycles. The van der Waals surface area contributed by atoms with Crippen LogP contribution in [-0.2, 0) is 6.54 Å². The van der Waals surface area contributed by atoms with E-state index in [0.29, 0.717) is 33.4 Å². The van der Waals surface area contributed by atoms with Gasteiger partial charge in [0.05, 0.1) is 35.7 Å². The zero-order valence-electron chi connectivity index (χ0n) is 15.8. The molecule has 0 bridgehead atoms. The van der Waals surface area contributed by atoms with Gasteiger partial charge in [-0.25, -0.2) is 13.8 Å². The summed E-state index contributed by atoms with van der Waals surface area (Å²) >= 11 is 0. The van der Waals surface area contributed by atoms with Crippen molar-refractivity contribution in [3.63, 3.8) is 0 Å². The van der Waals surface area contributed by atoms with E-state index in [-0.39, 0.29) is 12.1 Å². The van der Waals surface area contributed by atoms with Gasteiger partial charge in [0, 0.05) is 29.1 Å². The van der Waals surface area contributed by atoms with Crippen LogP contribution in [0, 0.1) is 11.6 Å². The maximum absolute atomic E-state index is 14.9. The number of benzene rings is 1. The number of rotatable bonds is 5. The van der Waals surface area contributed by atoms with Crippen molar-refractivity contribution in [1.29, 1.82) is 0 Å². The van der Waals surface area contributed by atoms with Crippen LogP contribution in [0.4, 0.5) is 8.78 Å². The predicted molar refractivity (Wildman–Crippen MR) is 113 cm³/mol. The lowest BCUT2D eigenvalue weighted by Crippen LogP contribution is -2.22. The lowest BCUT2D eigenvalue weighted by molar-refractivity contribution is 0.545. The van der Waals surface area contributed by atoms with Crippen LogP contribution in [0.5, 0.6) is 0 Å². The number of pyridine rings is 2. The van der Waals surface area contributed by atoms with E-state index in [0.717, 1.165) is 6.20 Å². The fourth-order valence-corrected chi connectivity index (χ4v) is 3.24. The highest BCUT2D eigenvalue weighted by molar-refractivity contribution is 5.73. The van der Waals surface area contributed by atoms with Gasteiger partial charge in [0.1, 0.15) is 11.6 Å². The summed E-state index contributed by atoms with van der Waals surface area (Å²) in [4.78, 5) is 24.5. The number of nitrogens with zero attached hydrogens (tertiary/aromatic N) is 4. The summed E-state index contributed by atoms with van der Waals surface area (Å²) in [6, 6.07) is 5.81. The van der Waals surface area contributed by atoms with Crippen molar-refractivity contribution < 1.29 is 8.78 Å². The molecule has 5 nitrogen and oxygen atoms in total. The van der Waals surface area contributed by atoms with Gasteiger partial charge in [-0.15, -0.1) is 0 Å². The standard InChI is InChI=1S/C23H16F2N4O/c1-3-14-7-16(10-27-20(14)4-2)15-8-18(24)17(19(25)9-15)13-29-22-11-26-6-5-21(22)28-12-23(29)30/h3-12H,1-2,13H2. The first-order chi connectivity index (χ1) is 14.5. The Hall–Kier alpha value is -4.00. The molecule has 3 heterocycles. The molecule has 0 radical (unpaired) electrons. The lowest BCUT2D eigenvalue weighted by atomic mass is 10.0. The Labute approximate surface area is 170 Å². The van der Waals surface area contributed by atoms with E-state index in [1.54, 1.807) is 24.3 Å². The van der Waals surface area contributed by atoms with Gasteiger partial charge >= 0.3 is 0 Å². The molecule has 30 heavy (non-hydrogen) atoms. The molecule has 0 unspecified atom stereocenters. The first kappa shape index (κ1) is 19.3. The minimum atomic E-state index is -0.765. The summed E-state index contributed by atoms with van der Waals surface area (Å²) < 4.78 is 31.0. The molecule has 0 saturated carbocycles. The van der Waals surface area contributed by atoms with E-state index in [2.05, 4.69) is 28.1 Å². The fourth-order valence-electron chi connectivity index (χ4n) is 3.24. The van der Waals surface area contributed by atoms with Crippen molar-refractivity contribution in [3.05, 3.63) is 101 Å². The molecule has 0 saturated heterocycles. The Morgan fingerprint density at radius 3 is 2.43 bits per heavy atom. The van der Waals surface area contributed by atoms with Crippen molar-refractivity contribution in [2.75, 3.05) is 0 Å². The van der Waals surface area contributed by atoms with Gasteiger partial charge in [0.2, 0.25) is 0 Å². The minimum absolute atomic E-state index is 0.225. The van der Waals surface area contributed by atoms with Gasteiger partial charge in [-0.05, 0) is 35.9 Å². The third kappa shape index (κ3) is 3.41. The Bertz CT molecular complexity index is 1340. The molecule has 4 rings (SSSR count). The summed E-state index contributed by atoms with van der Waals surface area (Å²) in [7, 11) is 0. The molecule has 0 spiro atoms. The Balaban J connectivity index is 1.78. The molecule has 0 amide bonds. The highest BCUT2D eigenvalue weighted by Gasteiger charge is 2.16. The second kappa shape index (κ2) is 7.79. The predicted octanol–water partition coefficient (Wildman–Crippen LogP) is 4.47. The second-order valence-corrected chi connectivity index (χ2v) is 6.57. The van der Waals surface area contributed by atoms with E-state index in [1.807, 2.05) is 0 Å². The average Bonchev–Trinajstić information content (AvgIpc) is 2.76. The van der Waals surface area contributed by atoms with Gasteiger partial charge < -0.3 is 0 Å². The number of hydrogen-bond acceptors (Lipinski definition) is 4. The van der Waals surface area contributed by atoms with Crippen molar-refractivity contribution >= 4 is 23.2 Å². The van der Waals surface area contributed by atoms with E-state index < -0.39 is 17.2 Å². The summed E-state index contributed by atoms with van der Waals surface area (Å²) in [5.41, 5.74) is 2.40. The van der Waals surface area contributed by atoms with E-state index in [1.165, 1.54) is 35.3 Å². The quantitative estimate of drug-likeness (QED) is 0.494. The smallest absolute Gasteiger partial charge is 0.269 e. The molecule has 148 valence electrons. The average molecular weight is 402 g/mol. The van der Waals surface area contributed by atoms with Gasteiger partial charge in [-0.1, -0.05) is 19.2 Å². The van der Waals surface area contributed by atoms with Gasteiger partial charge in [0.15, 0.2) is 0 Å². The van der Waals surface area contributed by atoms with Crippen molar-refractivity contribution in [2.45, 2.75) is 6.54 Å². The van der Waals surface area contributed by atoms with Crippen LogP contribution in [0.1, 0.15) is 16.8 Å². The monoisotopic (exact) mass is 402 g/mol. The Morgan fingerprint density at radius 1 is 0.967 bits per heavy atom. The van der Waals surface area contributed by atoms with Crippen LogP contribution in [0.3, 0.4) is 0 Å². The molecular formula is C23H16F2N4O. The van der Waals surface area contributed by atoms with E-state index in [9.17, 15) is 13.6 Å². The van der Waals surface area contributed by atoms with Crippen LogP contribution in [0.2, 0.25) is 0 Å². The number of aromatic nitrogens is 4. The molecule has 1 aromatic carbocycles. The summed E-state index contributed by atoms with van der Waals surface area (Å²) in [6.45, 7) is 7.12. The summed E-state index contributed by atoms with van der Waals surface area (Å²) in [5.74, 6) is -1.53. The van der Waals surface area contributed by atoms with Gasteiger partial charge in [-0.3, -0.25) is 19.3 Å². The SMILES string of the molecule is C=Cc1cc(-c2cc(F)c(Cn3c(=O)cnc4ccncc43)c(F)c2)cnc1C=C. The summed E-state index contributed by atoms with van der Waals surface area (Å²) in [5, 5.41) is 0. The highest BCUT2D eigenvalue weighted by atomic mass is 19.1. The van der Waals surface area contributed by atoms with Crippen LogP contribution in [0.25, 0.3) is 34.3 Å². The first-order valence-corrected chi connectivity index (χ1v) is 9.04. The summed E-state index contributed by atoms with van der Waals surface area (Å²) in [6.07, 6.45) is 8.79. The third-order valence-electron chi connectivity index (χ3n) is 4.80. The fraction of sp³-hybridized carbons (Fsp3) is 0.0435. The maximum atomic E-state index is 14.9. The molecule has 0 aliphatic heterocycles. The Kier molecular flexibility index (Phi) is 5.02. The number of hydrogen-bond donors (Lipinski definition) is 0. The van der Waals surface area contributed by atoms with Crippen LogP contribution in [-0.4, -0.2) is 19.5 Å². The zero-order chi connectivity index (χ0) is 21.3. The largest absolute Gasteiger partial charge is 0.299 e. The Morgan fingerprint density at radius 2 is 1.73 bits per heavy atom. The highest BCUT2D eigenvalue weighted by Crippen LogP contribution is 2.27. The molecule has 7 heteroatoms. The molecule has 0 fully saturated rings. The molecule has 0 atom stereocenters. The number of fused-ring (bicyclic) bond motifs is 1. The first-order valence-electron chi connectivity index (χ1n) is 9.04. The molecule has 4 aromatic rings. The van der Waals surface area contributed by atoms with Crippen LogP contribution in [0.15, 0.2) is 67.0 Å². The minimum Gasteiger partial charge on any atom is -0.299 e. The van der Waals surface area contributed by atoms with Gasteiger partial charge in [-0.2, -0.15) is 0 Å². The lowest BCUT2D eigenvalue weighted by Gasteiger charge is -2.12.